The average Bonchev–Trinajstić information content (AvgIpc) is 3.03. The van der Waals surface area contributed by atoms with Crippen molar-refractivity contribution < 1.29 is 4.79 Å². The van der Waals surface area contributed by atoms with Gasteiger partial charge in [0, 0.05) is 11.9 Å². The maximum atomic E-state index is 12.1. The number of guanidine groups is 1. The standard InChI is InChI=1S/C17H16N4OS.ClH/c1-17(8-15(22)21(2)16(19)20-17)14-7-13(10-23-14)12-5-3-4-11(6-12)9-18;/h3-7,10H,8H2,1-2H3,(H2,19,20);1H/t17-;/m0./s1. The first-order valence-electron chi connectivity index (χ1n) is 7.14. The molecular weight excluding hydrogens is 344 g/mol. The van der Waals surface area contributed by atoms with Gasteiger partial charge in [0.25, 0.3) is 0 Å². The van der Waals surface area contributed by atoms with Crippen LogP contribution in [-0.4, -0.2) is 23.8 Å². The number of halogens is 1. The molecule has 1 atom stereocenters. The third-order valence-electron chi connectivity index (χ3n) is 4.03. The quantitative estimate of drug-likeness (QED) is 0.893. The van der Waals surface area contributed by atoms with Gasteiger partial charge in [-0.05, 0) is 41.6 Å². The highest BCUT2D eigenvalue weighted by atomic mass is 35.5. The van der Waals surface area contributed by atoms with Crippen molar-refractivity contribution in [2.24, 2.45) is 10.7 Å². The molecule has 3 rings (SSSR count). The second kappa shape index (κ2) is 6.63. The number of carbonyl (C=O) groups is 1. The first kappa shape index (κ1) is 18.0. The fourth-order valence-electron chi connectivity index (χ4n) is 2.59. The number of nitriles is 1. The van der Waals surface area contributed by atoms with E-state index in [4.69, 9.17) is 11.0 Å². The summed E-state index contributed by atoms with van der Waals surface area (Å²) in [5.41, 5.74) is 7.84. The fraction of sp³-hybridized carbons (Fsp3) is 0.235. The number of hydrogen-bond acceptors (Lipinski definition) is 5. The van der Waals surface area contributed by atoms with Crippen molar-refractivity contribution in [2.45, 2.75) is 18.9 Å². The SMILES string of the molecule is CN1C(=O)C[C@@](C)(c2cc(-c3cccc(C#N)c3)cs2)N=C1N.Cl. The van der Waals surface area contributed by atoms with Crippen molar-refractivity contribution in [3.63, 3.8) is 0 Å². The average molecular weight is 361 g/mol. The predicted molar refractivity (Wildman–Crippen MR) is 98.1 cm³/mol. The highest BCUT2D eigenvalue weighted by Crippen LogP contribution is 2.39. The summed E-state index contributed by atoms with van der Waals surface area (Å²) < 4.78 is 0. The summed E-state index contributed by atoms with van der Waals surface area (Å²) >= 11 is 1.55. The lowest BCUT2D eigenvalue weighted by atomic mass is 9.93. The van der Waals surface area contributed by atoms with Crippen molar-refractivity contribution in [1.82, 2.24) is 4.90 Å². The number of benzene rings is 1. The van der Waals surface area contributed by atoms with E-state index in [1.807, 2.05) is 36.6 Å². The fourth-order valence-corrected chi connectivity index (χ4v) is 3.61. The maximum Gasteiger partial charge on any atom is 0.231 e. The van der Waals surface area contributed by atoms with Crippen LogP contribution in [0.1, 0.15) is 23.8 Å². The second-order valence-corrected chi connectivity index (χ2v) is 6.68. The van der Waals surface area contributed by atoms with Crippen LogP contribution in [0.15, 0.2) is 40.7 Å². The Balaban J connectivity index is 0.00000208. The highest BCUT2D eigenvalue weighted by molar-refractivity contribution is 7.10. The molecule has 0 fully saturated rings. The zero-order valence-electron chi connectivity index (χ0n) is 13.3. The highest BCUT2D eigenvalue weighted by Gasteiger charge is 2.37. The van der Waals surface area contributed by atoms with Gasteiger partial charge in [-0.1, -0.05) is 12.1 Å². The molecule has 1 aliphatic heterocycles. The number of nitrogens with two attached hydrogens (primary N) is 1. The van der Waals surface area contributed by atoms with Crippen molar-refractivity contribution >= 4 is 35.6 Å². The van der Waals surface area contributed by atoms with E-state index in [1.165, 1.54) is 4.90 Å². The topological polar surface area (TPSA) is 82.5 Å². The molecule has 1 aromatic carbocycles. The van der Waals surface area contributed by atoms with Crippen molar-refractivity contribution in [3.05, 3.63) is 46.2 Å². The van der Waals surface area contributed by atoms with Crippen LogP contribution >= 0.6 is 23.7 Å². The van der Waals surface area contributed by atoms with E-state index in [1.54, 1.807) is 24.5 Å². The number of carbonyl (C=O) groups excluding carboxylic acids is 1. The van der Waals surface area contributed by atoms with Crippen LogP contribution in [0.5, 0.6) is 0 Å². The van der Waals surface area contributed by atoms with Crippen LogP contribution in [0.25, 0.3) is 11.1 Å². The Kier molecular flexibility index (Phi) is 4.97. The Labute approximate surface area is 150 Å². The van der Waals surface area contributed by atoms with Crippen LogP contribution in [0.2, 0.25) is 0 Å². The lowest BCUT2D eigenvalue weighted by Gasteiger charge is -2.32. The third-order valence-corrected chi connectivity index (χ3v) is 5.21. The number of amides is 1. The Bertz CT molecular complexity index is 854. The molecule has 2 heterocycles. The number of nitrogens with zero attached hydrogens (tertiary/aromatic N) is 3. The van der Waals surface area contributed by atoms with Crippen LogP contribution < -0.4 is 5.73 Å². The van der Waals surface area contributed by atoms with Crippen LogP contribution in [0.4, 0.5) is 0 Å². The minimum absolute atomic E-state index is 0. The molecular formula is C17H17ClN4OS. The molecule has 5 nitrogen and oxygen atoms in total. The van der Waals surface area contributed by atoms with Gasteiger partial charge in [0.15, 0.2) is 5.96 Å². The van der Waals surface area contributed by atoms with Crippen LogP contribution in [0, 0.1) is 11.3 Å². The molecule has 0 saturated heterocycles. The van der Waals surface area contributed by atoms with E-state index < -0.39 is 5.54 Å². The van der Waals surface area contributed by atoms with E-state index in [0.29, 0.717) is 12.0 Å². The maximum absolute atomic E-state index is 12.1. The number of aliphatic imine (C=N–C) groups is 1. The molecule has 24 heavy (non-hydrogen) atoms. The zero-order valence-corrected chi connectivity index (χ0v) is 14.9. The summed E-state index contributed by atoms with van der Waals surface area (Å²) in [5.74, 6) is 0.201. The van der Waals surface area contributed by atoms with E-state index in [2.05, 4.69) is 11.1 Å². The number of rotatable bonds is 2. The van der Waals surface area contributed by atoms with Gasteiger partial charge in [0.05, 0.1) is 18.1 Å². The summed E-state index contributed by atoms with van der Waals surface area (Å²) in [6.45, 7) is 1.92. The summed E-state index contributed by atoms with van der Waals surface area (Å²) in [6.07, 6.45) is 0.294. The second-order valence-electron chi connectivity index (χ2n) is 5.77. The largest absolute Gasteiger partial charge is 0.369 e. The molecule has 0 aliphatic carbocycles. The molecule has 0 unspecified atom stereocenters. The summed E-state index contributed by atoms with van der Waals surface area (Å²) in [4.78, 5) is 19.0. The van der Waals surface area contributed by atoms with Gasteiger partial charge in [0.2, 0.25) is 5.91 Å². The third kappa shape index (κ3) is 3.14. The molecule has 2 aromatic rings. The van der Waals surface area contributed by atoms with E-state index >= 15 is 0 Å². The first-order valence-corrected chi connectivity index (χ1v) is 8.02. The van der Waals surface area contributed by atoms with Gasteiger partial charge in [-0.25, -0.2) is 4.99 Å². The van der Waals surface area contributed by atoms with Crippen molar-refractivity contribution in [2.75, 3.05) is 7.05 Å². The van der Waals surface area contributed by atoms with Crippen molar-refractivity contribution in [3.8, 4) is 17.2 Å². The number of hydrogen-bond donors (Lipinski definition) is 1. The van der Waals surface area contributed by atoms with Crippen LogP contribution in [0.3, 0.4) is 0 Å². The molecule has 1 aromatic heterocycles. The van der Waals surface area contributed by atoms with Gasteiger partial charge >= 0.3 is 0 Å². The number of thiophene rings is 1. The zero-order chi connectivity index (χ0) is 16.6. The van der Waals surface area contributed by atoms with Crippen LogP contribution in [-0.2, 0) is 10.3 Å². The van der Waals surface area contributed by atoms with E-state index in [-0.39, 0.29) is 24.3 Å². The minimum atomic E-state index is -0.635. The van der Waals surface area contributed by atoms with Gasteiger partial charge in [0.1, 0.15) is 5.54 Å². The van der Waals surface area contributed by atoms with E-state index in [9.17, 15) is 4.79 Å². The lowest BCUT2D eigenvalue weighted by molar-refractivity contribution is -0.128. The normalized spacial score (nSPS) is 20.1. The monoisotopic (exact) mass is 360 g/mol. The molecule has 0 bridgehead atoms. The van der Waals surface area contributed by atoms with E-state index in [0.717, 1.165) is 16.0 Å². The molecule has 0 saturated carbocycles. The molecule has 0 radical (unpaired) electrons. The summed E-state index contributed by atoms with van der Waals surface area (Å²) in [6, 6.07) is 11.6. The molecule has 124 valence electrons. The van der Waals surface area contributed by atoms with Crippen molar-refractivity contribution in [1.29, 1.82) is 5.26 Å². The molecule has 7 heteroatoms. The molecule has 1 amide bonds. The molecule has 1 aliphatic rings. The van der Waals surface area contributed by atoms with Gasteiger partial charge in [-0.2, -0.15) is 5.26 Å². The smallest absolute Gasteiger partial charge is 0.231 e. The Morgan fingerprint density at radius 3 is 2.79 bits per heavy atom. The Morgan fingerprint density at radius 1 is 1.38 bits per heavy atom. The Hall–Kier alpha value is -2.36. The van der Waals surface area contributed by atoms with Gasteiger partial charge < -0.3 is 5.73 Å². The summed E-state index contributed by atoms with van der Waals surface area (Å²) in [5, 5.41) is 11.0. The van der Waals surface area contributed by atoms with Gasteiger partial charge in [-0.3, -0.25) is 9.69 Å². The molecule has 2 N–H and O–H groups in total. The summed E-state index contributed by atoms with van der Waals surface area (Å²) in [7, 11) is 1.63. The lowest BCUT2D eigenvalue weighted by Crippen LogP contribution is -2.47. The minimum Gasteiger partial charge on any atom is -0.369 e. The predicted octanol–water partition coefficient (Wildman–Crippen LogP) is 3.10. The van der Waals surface area contributed by atoms with Gasteiger partial charge in [-0.15, -0.1) is 23.7 Å². The Morgan fingerprint density at radius 2 is 2.12 bits per heavy atom. The first-order chi connectivity index (χ1) is 10.9. The molecule has 0 spiro atoms.